The Morgan fingerprint density at radius 3 is 2.60 bits per heavy atom. The molecule has 1 N–H and O–H groups in total. The molecule has 0 radical (unpaired) electrons. The molecule has 0 saturated carbocycles. The van der Waals surface area contributed by atoms with Crippen molar-refractivity contribution < 1.29 is 9.90 Å². The summed E-state index contributed by atoms with van der Waals surface area (Å²) in [4.78, 5) is 15.0. The number of aliphatic hydroxyl groups excluding tert-OH is 1. The minimum absolute atomic E-state index is 0.0336. The molecular formula is C21H22N2O2. The molecule has 1 fully saturated rings. The van der Waals surface area contributed by atoms with Crippen molar-refractivity contribution in [1.82, 2.24) is 4.90 Å². The Labute approximate surface area is 148 Å². The Morgan fingerprint density at radius 2 is 1.88 bits per heavy atom. The quantitative estimate of drug-likeness (QED) is 0.935. The molecule has 128 valence electrons. The standard InChI is InChI=1S/C21H22N2O2/c1-15(24)17-8-6-12-23(14-17)21(25)20-11-5-4-10-19(20)18-9-3-2-7-16(18)13-22/h2-5,7,9-11,15,17,24H,6,8,12,14H2,1H3. The zero-order chi connectivity index (χ0) is 17.8. The number of piperidine rings is 1. The minimum Gasteiger partial charge on any atom is -0.393 e. The molecule has 1 aliphatic rings. The van der Waals surface area contributed by atoms with Crippen LogP contribution in [0.4, 0.5) is 0 Å². The number of likely N-dealkylation sites (tertiary alicyclic amines) is 1. The molecule has 2 atom stereocenters. The van der Waals surface area contributed by atoms with E-state index in [0.717, 1.165) is 24.0 Å². The molecule has 4 nitrogen and oxygen atoms in total. The normalized spacial score (nSPS) is 18.4. The van der Waals surface area contributed by atoms with Gasteiger partial charge in [-0.25, -0.2) is 0 Å². The lowest BCUT2D eigenvalue weighted by atomic mass is 9.91. The second kappa shape index (κ2) is 7.50. The van der Waals surface area contributed by atoms with Gasteiger partial charge in [0.1, 0.15) is 0 Å². The lowest BCUT2D eigenvalue weighted by molar-refractivity contribution is 0.0466. The molecule has 1 aliphatic heterocycles. The van der Waals surface area contributed by atoms with Crippen molar-refractivity contribution in [2.24, 2.45) is 5.92 Å². The number of benzene rings is 2. The van der Waals surface area contributed by atoms with E-state index in [2.05, 4.69) is 6.07 Å². The number of carbonyl (C=O) groups is 1. The van der Waals surface area contributed by atoms with E-state index in [0.29, 0.717) is 24.2 Å². The van der Waals surface area contributed by atoms with Crippen molar-refractivity contribution in [3.8, 4) is 17.2 Å². The summed E-state index contributed by atoms with van der Waals surface area (Å²) in [5.74, 6) is 0.0879. The van der Waals surface area contributed by atoms with E-state index >= 15 is 0 Å². The van der Waals surface area contributed by atoms with Crippen LogP contribution in [0.2, 0.25) is 0 Å². The highest BCUT2D eigenvalue weighted by atomic mass is 16.3. The number of nitriles is 1. The van der Waals surface area contributed by atoms with Crippen LogP contribution in [-0.4, -0.2) is 35.1 Å². The van der Waals surface area contributed by atoms with Crippen LogP contribution in [0.15, 0.2) is 48.5 Å². The van der Waals surface area contributed by atoms with E-state index in [1.165, 1.54) is 0 Å². The van der Waals surface area contributed by atoms with Crippen LogP contribution in [0.1, 0.15) is 35.7 Å². The van der Waals surface area contributed by atoms with Crippen LogP contribution in [0.25, 0.3) is 11.1 Å². The van der Waals surface area contributed by atoms with E-state index in [1.54, 1.807) is 13.0 Å². The highest BCUT2D eigenvalue weighted by Gasteiger charge is 2.28. The number of amides is 1. The highest BCUT2D eigenvalue weighted by Crippen LogP contribution is 2.29. The van der Waals surface area contributed by atoms with Crippen molar-refractivity contribution >= 4 is 5.91 Å². The first-order chi connectivity index (χ1) is 12.1. The summed E-state index contributed by atoms with van der Waals surface area (Å²) in [6.45, 7) is 3.07. The molecule has 1 heterocycles. The monoisotopic (exact) mass is 334 g/mol. The van der Waals surface area contributed by atoms with Gasteiger partial charge in [0.25, 0.3) is 5.91 Å². The van der Waals surface area contributed by atoms with E-state index in [4.69, 9.17) is 0 Å². The number of carbonyl (C=O) groups excluding carboxylic acids is 1. The van der Waals surface area contributed by atoms with Crippen LogP contribution in [0.5, 0.6) is 0 Å². The lowest BCUT2D eigenvalue weighted by Gasteiger charge is -2.34. The maximum Gasteiger partial charge on any atom is 0.254 e. The Morgan fingerprint density at radius 1 is 1.20 bits per heavy atom. The SMILES string of the molecule is CC(O)C1CCCN(C(=O)c2ccccc2-c2ccccc2C#N)C1. The molecule has 0 aromatic heterocycles. The number of aliphatic hydroxyl groups is 1. The fraction of sp³-hybridized carbons (Fsp3) is 0.333. The Balaban J connectivity index is 1.96. The zero-order valence-corrected chi connectivity index (χ0v) is 14.4. The molecule has 2 unspecified atom stereocenters. The van der Waals surface area contributed by atoms with Gasteiger partial charge in [-0.1, -0.05) is 36.4 Å². The average molecular weight is 334 g/mol. The van der Waals surface area contributed by atoms with Gasteiger partial charge in [0, 0.05) is 30.1 Å². The van der Waals surface area contributed by atoms with Gasteiger partial charge >= 0.3 is 0 Å². The van der Waals surface area contributed by atoms with E-state index in [1.807, 2.05) is 47.4 Å². The van der Waals surface area contributed by atoms with E-state index < -0.39 is 6.10 Å². The van der Waals surface area contributed by atoms with Crippen LogP contribution < -0.4 is 0 Å². The summed E-state index contributed by atoms with van der Waals surface area (Å²) >= 11 is 0. The molecule has 0 aliphatic carbocycles. The molecule has 1 amide bonds. The third kappa shape index (κ3) is 3.57. The molecule has 2 aromatic rings. The molecule has 0 spiro atoms. The zero-order valence-electron chi connectivity index (χ0n) is 14.4. The number of nitrogens with zero attached hydrogens (tertiary/aromatic N) is 2. The minimum atomic E-state index is -0.412. The van der Waals surface area contributed by atoms with Crippen molar-refractivity contribution in [1.29, 1.82) is 5.26 Å². The van der Waals surface area contributed by atoms with E-state index in [-0.39, 0.29) is 11.8 Å². The van der Waals surface area contributed by atoms with Gasteiger partial charge in [-0.05, 0) is 37.5 Å². The predicted octanol–water partition coefficient (Wildman–Crippen LogP) is 3.46. The second-order valence-corrected chi connectivity index (χ2v) is 6.60. The van der Waals surface area contributed by atoms with Crippen molar-refractivity contribution in [2.75, 3.05) is 13.1 Å². The summed E-state index contributed by atoms with van der Waals surface area (Å²) in [5.41, 5.74) is 2.72. The van der Waals surface area contributed by atoms with Crippen LogP contribution in [0, 0.1) is 17.2 Å². The fourth-order valence-corrected chi connectivity index (χ4v) is 3.48. The van der Waals surface area contributed by atoms with Gasteiger partial charge in [-0.2, -0.15) is 5.26 Å². The highest BCUT2D eigenvalue weighted by molar-refractivity contribution is 6.01. The van der Waals surface area contributed by atoms with Gasteiger partial charge in [-0.3, -0.25) is 4.79 Å². The second-order valence-electron chi connectivity index (χ2n) is 6.60. The fourth-order valence-electron chi connectivity index (χ4n) is 3.48. The van der Waals surface area contributed by atoms with E-state index in [9.17, 15) is 15.2 Å². The van der Waals surface area contributed by atoms with Crippen molar-refractivity contribution in [3.63, 3.8) is 0 Å². The molecule has 3 rings (SSSR count). The average Bonchev–Trinajstić information content (AvgIpc) is 2.67. The van der Waals surface area contributed by atoms with Crippen molar-refractivity contribution in [2.45, 2.75) is 25.9 Å². The van der Waals surface area contributed by atoms with Crippen molar-refractivity contribution in [3.05, 3.63) is 59.7 Å². The van der Waals surface area contributed by atoms with Gasteiger partial charge in [0.2, 0.25) is 0 Å². The third-order valence-corrected chi connectivity index (χ3v) is 4.92. The Kier molecular flexibility index (Phi) is 5.16. The van der Waals surface area contributed by atoms with Crippen LogP contribution in [0.3, 0.4) is 0 Å². The van der Waals surface area contributed by atoms with Gasteiger partial charge in [-0.15, -0.1) is 0 Å². The summed E-state index contributed by atoms with van der Waals surface area (Å²) < 4.78 is 0. The first-order valence-electron chi connectivity index (χ1n) is 8.67. The largest absolute Gasteiger partial charge is 0.393 e. The molecule has 0 bridgehead atoms. The maximum atomic E-state index is 13.1. The molecule has 4 heteroatoms. The van der Waals surface area contributed by atoms with Crippen LogP contribution >= 0.6 is 0 Å². The smallest absolute Gasteiger partial charge is 0.254 e. The summed E-state index contributed by atoms with van der Waals surface area (Å²) in [5, 5.41) is 19.3. The summed E-state index contributed by atoms with van der Waals surface area (Å²) in [7, 11) is 0. The summed E-state index contributed by atoms with van der Waals surface area (Å²) in [6, 6.07) is 17.0. The molecule has 2 aromatic carbocycles. The van der Waals surface area contributed by atoms with Gasteiger partial charge in [0.15, 0.2) is 0 Å². The summed E-state index contributed by atoms with van der Waals surface area (Å²) in [6.07, 6.45) is 1.43. The Bertz CT molecular complexity index is 808. The van der Waals surface area contributed by atoms with Gasteiger partial charge in [0.05, 0.1) is 17.7 Å². The first-order valence-corrected chi connectivity index (χ1v) is 8.67. The molecule has 25 heavy (non-hydrogen) atoms. The predicted molar refractivity (Wildman–Crippen MR) is 96.9 cm³/mol. The maximum absolute atomic E-state index is 13.1. The number of hydrogen-bond donors (Lipinski definition) is 1. The lowest BCUT2D eigenvalue weighted by Crippen LogP contribution is -2.43. The Hall–Kier alpha value is -2.64. The first kappa shape index (κ1) is 17.2. The molecule has 1 saturated heterocycles. The third-order valence-electron chi connectivity index (χ3n) is 4.92. The van der Waals surface area contributed by atoms with Crippen LogP contribution in [-0.2, 0) is 0 Å². The number of hydrogen-bond acceptors (Lipinski definition) is 3. The van der Waals surface area contributed by atoms with Gasteiger partial charge < -0.3 is 10.0 Å². The molecular weight excluding hydrogens is 312 g/mol. The number of rotatable bonds is 3. The topological polar surface area (TPSA) is 64.3 Å².